The van der Waals surface area contributed by atoms with E-state index in [0.29, 0.717) is 62.5 Å². The Morgan fingerprint density at radius 1 is 0.657 bits per heavy atom. The smallest absolute Gasteiger partial charge is 0.266 e. The molecule has 0 saturated heterocycles. The fourth-order valence-electron chi connectivity index (χ4n) is 4.00. The average molecular weight is 479 g/mol. The molecule has 4 rings (SSSR count). The third kappa shape index (κ3) is 4.05. The van der Waals surface area contributed by atoms with Crippen LogP contribution in [0.15, 0.2) is 53.5 Å². The molecular formula is C26H26N2O7. The highest BCUT2D eigenvalue weighted by atomic mass is 16.5. The Hall–Kier alpha value is -4.40. The van der Waals surface area contributed by atoms with Gasteiger partial charge in [0.1, 0.15) is 5.65 Å². The number of pyridine rings is 1. The molecule has 0 saturated carbocycles. The summed E-state index contributed by atoms with van der Waals surface area (Å²) in [5.41, 5.74) is 2.12. The van der Waals surface area contributed by atoms with Crippen molar-refractivity contribution in [2.24, 2.45) is 0 Å². The van der Waals surface area contributed by atoms with Gasteiger partial charge in [-0.3, -0.25) is 9.20 Å². The number of ether oxygens (including phenoxy) is 6. The number of rotatable bonds is 8. The van der Waals surface area contributed by atoms with Crippen molar-refractivity contribution >= 4 is 5.65 Å². The molecule has 35 heavy (non-hydrogen) atoms. The SMILES string of the molecule is COc1cc(-c2nc3ccccn3c(=O)c2-c2cc(OC)c(OC)c(OC)c2)cc(OC)c1OC. The predicted octanol–water partition coefficient (Wildman–Crippen LogP) is 4.08. The largest absolute Gasteiger partial charge is 0.493 e. The number of methoxy groups -OCH3 is 6. The molecule has 0 atom stereocenters. The van der Waals surface area contributed by atoms with Crippen LogP contribution in [0.25, 0.3) is 28.0 Å². The summed E-state index contributed by atoms with van der Waals surface area (Å²) in [6.07, 6.45) is 1.67. The minimum atomic E-state index is -0.270. The summed E-state index contributed by atoms with van der Waals surface area (Å²) in [7, 11) is 9.16. The van der Waals surface area contributed by atoms with Crippen LogP contribution in [0, 0.1) is 0 Å². The molecule has 0 aliphatic rings. The molecule has 2 aromatic carbocycles. The van der Waals surface area contributed by atoms with Gasteiger partial charge in [-0.2, -0.15) is 0 Å². The van der Waals surface area contributed by atoms with Gasteiger partial charge >= 0.3 is 0 Å². The van der Waals surface area contributed by atoms with E-state index in [-0.39, 0.29) is 5.56 Å². The second-order valence-corrected chi connectivity index (χ2v) is 7.40. The van der Waals surface area contributed by atoms with E-state index in [2.05, 4.69) is 0 Å². The Balaban J connectivity index is 2.13. The Bertz CT molecular complexity index is 1400. The van der Waals surface area contributed by atoms with Gasteiger partial charge in [-0.15, -0.1) is 0 Å². The number of hydrogen-bond donors (Lipinski definition) is 0. The van der Waals surface area contributed by atoms with Crippen LogP contribution in [0.5, 0.6) is 34.5 Å². The fraction of sp³-hybridized carbons (Fsp3) is 0.231. The standard InChI is InChI=1S/C26H26N2O7/c1-30-17-11-15(12-18(31-2)24(17)34-5)22-23(27-21-9-7-8-10-28(21)26(22)29)16-13-19(32-3)25(35-6)20(14-16)33-4/h7-14H,1-6H3. The van der Waals surface area contributed by atoms with Crippen molar-refractivity contribution in [1.29, 1.82) is 0 Å². The van der Waals surface area contributed by atoms with Crippen LogP contribution >= 0.6 is 0 Å². The summed E-state index contributed by atoms with van der Waals surface area (Å²) in [5.74, 6) is 2.55. The Kier molecular flexibility index (Phi) is 6.68. The summed E-state index contributed by atoms with van der Waals surface area (Å²) in [5, 5.41) is 0. The molecule has 0 spiro atoms. The predicted molar refractivity (Wildman–Crippen MR) is 132 cm³/mol. The lowest BCUT2D eigenvalue weighted by atomic mass is 9.98. The van der Waals surface area contributed by atoms with E-state index < -0.39 is 0 Å². The van der Waals surface area contributed by atoms with E-state index in [1.165, 1.54) is 47.1 Å². The summed E-state index contributed by atoms with van der Waals surface area (Å²) in [6.45, 7) is 0. The molecule has 0 bridgehead atoms. The molecule has 0 aliphatic heterocycles. The van der Waals surface area contributed by atoms with E-state index in [9.17, 15) is 4.79 Å². The van der Waals surface area contributed by atoms with E-state index in [1.54, 1.807) is 42.6 Å². The monoisotopic (exact) mass is 478 g/mol. The molecule has 0 radical (unpaired) electrons. The van der Waals surface area contributed by atoms with Gasteiger partial charge in [0.25, 0.3) is 5.56 Å². The van der Waals surface area contributed by atoms with Crippen LogP contribution in [0.1, 0.15) is 0 Å². The normalized spacial score (nSPS) is 10.7. The Morgan fingerprint density at radius 2 is 1.14 bits per heavy atom. The van der Waals surface area contributed by atoms with Crippen LogP contribution in [-0.2, 0) is 0 Å². The first kappa shape index (κ1) is 23.7. The van der Waals surface area contributed by atoms with Crippen molar-refractivity contribution in [1.82, 2.24) is 9.38 Å². The number of aromatic nitrogens is 2. The van der Waals surface area contributed by atoms with Gasteiger partial charge in [0.05, 0.1) is 53.9 Å². The maximum atomic E-state index is 13.8. The molecule has 2 heterocycles. The highest BCUT2D eigenvalue weighted by Crippen LogP contribution is 2.45. The van der Waals surface area contributed by atoms with Gasteiger partial charge < -0.3 is 28.4 Å². The molecule has 0 fully saturated rings. The zero-order chi connectivity index (χ0) is 25.1. The van der Waals surface area contributed by atoms with E-state index >= 15 is 0 Å². The minimum absolute atomic E-state index is 0.270. The quantitative estimate of drug-likeness (QED) is 0.374. The van der Waals surface area contributed by atoms with Gasteiger partial charge in [-0.1, -0.05) is 6.07 Å². The molecule has 182 valence electrons. The van der Waals surface area contributed by atoms with E-state index in [0.717, 1.165) is 0 Å². The Morgan fingerprint density at radius 3 is 1.60 bits per heavy atom. The first-order chi connectivity index (χ1) is 17.0. The van der Waals surface area contributed by atoms with Gasteiger partial charge in [0.2, 0.25) is 11.5 Å². The Labute approximate surface area is 202 Å². The van der Waals surface area contributed by atoms with Crippen LogP contribution in [-0.4, -0.2) is 52.0 Å². The van der Waals surface area contributed by atoms with Gasteiger partial charge in [0, 0.05) is 11.8 Å². The van der Waals surface area contributed by atoms with E-state index in [1.807, 2.05) is 6.07 Å². The molecule has 0 unspecified atom stereocenters. The number of nitrogens with zero attached hydrogens (tertiary/aromatic N) is 2. The maximum absolute atomic E-state index is 13.8. The molecule has 9 heteroatoms. The molecule has 0 aliphatic carbocycles. The summed E-state index contributed by atoms with van der Waals surface area (Å²) < 4.78 is 34.5. The molecule has 0 amide bonds. The minimum Gasteiger partial charge on any atom is -0.493 e. The van der Waals surface area contributed by atoms with Gasteiger partial charge in [-0.05, 0) is 42.0 Å². The second-order valence-electron chi connectivity index (χ2n) is 7.40. The first-order valence-electron chi connectivity index (χ1n) is 10.6. The van der Waals surface area contributed by atoms with Crippen molar-refractivity contribution < 1.29 is 28.4 Å². The summed E-state index contributed by atoms with van der Waals surface area (Å²) in [6, 6.07) is 12.3. The number of benzene rings is 2. The first-order valence-corrected chi connectivity index (χ1v) is 10.6. The average Bonchev–Trinajstić information content (AvgIpc) is 2.91. The fourth-order valence-corrected chi connectivity index (χ4v) is 4.00. The molecule has 4 aromatic rings. The lowest BCUT2D eigenvalue weighted by Gasteiger charge is -2.18. The summed E-state index contributed by atoms with van der Waals surface area (Å²) in [4.78, 5) is 18.7. The van der Waals surface area contributed by atoms with Crippen LogP contribution in [0.3, 0.4) is 0 Å². The van der Waals surface area contributed by atoms with Crippen molar-refractivity contribution in [3.8, 4) is 56.9 Å². The maximum Gasteiger partial charge on any atom is 0.266 e. The van der Waals surface area contributed by atoms with Crippen LogP contribution in [0.4, 0.5) is 0 Å². The molecular weight excluding hydrogens is 452 g/mol. The highest BCUT2D eigenvalue weighted by Gasteiger charge is 2.23. The zero-order valence-corrected chi connectivity index (χ0v) is 20.4. The molecule has 2 aromatic heterocycles. The van der Waals surface area contributed by atoms with Crippen LogP contribution in [0.2, 0.25) is 0 Å². The second kappa shape index (κ2) is 9.84. The number of fused-ring (bicyclic) bond motifs is 1. The third-order valence-corrected chi connectivity index (χ3v) is 5.63. The van der Waals surface area contributed by atoms with Crippen molar-refractivity contribution in [2.45, 2.75) is 0 Å². The van der Waals surface area contributed by atoms with Gasteiger partial charge in [0.15, 0.2) is 23.0 Å². The van der Waals surface area contributed by atoms with Gasteiger partial charge in [-0.25, -0.2) is 4.98 Å². The van der Waals surface area contributed by atoms with Crippen molar-refractivity contribution in [3.05, 3.63) is 59.0 Å². The van der Waals surface area contributed by atoms with Crippen molar-refractivity contribution in [3.63, 3.8) is 0 Å². The molecule has 9 nitrogen and oxygen atoms in total. The lowest BCUT2D eigenvalue weighted by Crippen LogP contribution is -2.18. The zero-order valence-electron chi connectivity index (χ0n) is 20.4. The number of hydrogen-bond acceptors (Lipinski definition) is 8. The summed E-state index contributed by atoms with van der Waals surface area (Å²) >= 11 is 0. The van der Waals surface area contributed by atoms with Crippen LogP contribution < -0.4 is 34.0 Å². The molecule has 0 N–H and O–H groups in total. The lowest BCUT2D eigenvalue weighted by molar-refractivity contribution is 0.324. The third-order valence-electron chi connectivity index (χ3n) is 5.63. The highest BCUT2D eigenvalue weighted by molar-refractivity contribution is 5.85. The topological polar surface area (TPSA) is 89.8 Å². The van der Waals surface area contributed by atoms with E-state index in [4.69, 9.17) is 33.4 Å². The van der Waals surface area contributed by atoms with Crippen molar-refractivity contribution in [2.75, 3.05) is 42.7 Å².